The van der Waals surface area contributed by atoms with Crippen molar-refractivity contribution in [3.8, 4) is 5.75 Å². The smallest absolute Gasteiger partial charge is 0.254 e. The topological polar surface area (TPSA) is 54.5 Å². The van der Waals surface area contributed by atoms with Gasteiger partial charge >= 0.3 is 0 Å². The Labute approximate surface area is 194 Å². The van der Waals surface area contributed by atoms with Gasteiger partial charge in [0.2, 0.25) is 0 Å². The number of benzene rings is 2. The third-order valence-corrected chi connectivity index (χ3v) is 6.82. The van der Waals surface area contributed by atoms with Crippen LogP contribution >= 0.6 is 11.8 Å². The Kier molecular flexibility index (Phi) is 7.80. The Morgan fingerprint density at radius 2 is 1.81 bits per heavy atom. The van der Waals surface area contributed by atoms with E-state index in [4.69, 9.17) is 4.74 Å². The normalized spacial score (nSPS) is 14.8. The summed E-state index contributed by atoms with van der Waals surface area (Å²) in [6.45, 7) is 3.77. The van der Waals surface area contributed by atoms with E-state index in [9.17, 15) is 4.79 Å². The van der Waals surface area contributed by atoms with Gasteiger partial charge in [-0.2, -0.15) is 0 Å². The lowest BCUT2D eigenvalue weighted by atomic mass is 9.96. The zero-order valence-corrected chi connectivity index (χ0v) is 19.2. The molecule has 6 heteroatoms. The van der Waals surface area contributed by atoms with Crippen LogP contribution in [0.4, 0.5) is 0 Å². The van der Waals surface area contributed by atoms with Gasteiger partial charge in [0.05, 0.1) is 12.7 Å². The second-order valence-corrected chi connectivity index (χ2v) is 9.11. The molecule has 2 aromatic carbocycles. The first-order valence-electron chi connectivity index (χ1n) is 11.0. The Morgan fingerprint density at radius 3 is 2.53 bits per heavy atom. The van der Waals surface area contributed by atoms with Crippen LogP contribution in [-0.2, 0) is 6.54 Å². The van der Waals surface area contributed by atoms with Crippen molar-refractivity contribution in [1.82, 2.24) is 15.2 Å². The molecule has 1 fully saturated rings. The number of rotatable bonds is 8. The predicted molar refractivity (Wildman–Crippen MR) is 128 cm³/mol. The summed E-state index contributed by atoms with van der Waals surface area (Å²) in [6.07, 6.45) is 3.92. The molecule has 1 aliphatic heterocycles. The number of carbonyl (C=O) groups excluding carboxylic acids is 1. The average molecular weight is 448 g/mol. The number of piperidine rings is 1. The first-order valence-corrected chi connectivity index (χ1v) is 11.8. The minimum atomic E-state index is -0.0443. The fourth-order valence-electron chi connectivity index (χ4n) is 3.92. The molecule has 0 saturated carbocycles. The van der Waals surface area contributed by atoms with Gasteiger partial charge in [0.1, 0.15) is 10.8 Å². The van der Waals surface area contributed by atoms with Crippen molar-refractivity contribution in [3.63, 3.8) is 0 Å². The first kappa shape index (κ1) is 22.4. The van der Waals surface area contributed by atoms with Gasteiger partial charge in [-0.3, -0.25) is 9.69 Å². The molecule has 0 bridgehead atoms. The fraction of sp³-hybridized carbons (Fsp3) is 0.308. The van der Waals surface area contributed by atoms with Crippen LogP contribution in [0.25, 0.3) is 0 Å². The molecule has 1 amide bonds. The highest BCUT2D eigenvalue weighted by Crippen LogP contribution is 2.28. The molecule has 0 radical (unpaired) electrons. The van der Waals surface area contributed by atoms with Gasteiger partial charge in [-0.15, -0.1) is 0 Å². The molecule has 0 unspecified atom stereocenters. The van der Waals surface area contributed by atoms with Gasteiger partial charge in [-0.25, -0.2) is 4.98 Å². The molecule has 32 heavy (non-hydrogen) atoms. The van der Waals surface area contributed by atoms with E-state index in [1.54, 1.807) is 13.3 Å². The molecular weight excluding hydrogens is 418 g/mol. The third-order valence-electron chi connectivity index (χ3n) is 5.80. The largest absolute Gasteiger partial charge is 0.497 e. The number of nitrogens with one attached hydrogen (secondary N) is 1. The molecule has 1 saturated heterocycles. The number of likely N-dealkylation sites (tertiary alicyclic amines) is 1. The lowest BCUT2D eigenvalue weighted by molar-refractivity contribution is 0.0931. The maximum atomic E-state index is 12.9. The number of ether oxygens (including phenoxy) is 1. The molecule has 2 heterocycles. The van der Waals surface area contributed by atoms with Crippen molar-refractivity contribution < 1.29 is 9.53 Å². The van der Waals surface area contributed by atoms with Crippen LogP contribution in [-0.4, -0.2) is 42.5 Å². The molecule has 1 aliphatic rings. The monoisotopic (exact) mass is 447 g/mol. The molecule has 0 atom stereocenters. The lowest BCUT2D eigenvalue weighted by Gasteiger charge is -2.32. The van der Waals surface area contributed by atoms with E-state index in [1.807, 2.05) is 54.6 Å². The Bertz CT molecular complexity index is 1000. The third kappa shape index (κ3) is 6.11. The van der Waals surface area contributed by atoms with E-state index < -0.39 is 0 Å². The van der Waals surface area contributed by atoms with E-state index >= 15 is 0 Å². The molecular formula is C26H29N3O2S. The van der Waals surface area contributed by atoms with Crippen molar-refractivity contribution in [2.75, 3.05) is 26.7 Å². The highest BCUT2D eigenvalue weighted by atomic mass is 32.2. The van der Waals surface area contributed by atoms with Crippen LogP contribution in [0.2, 0.25) is 0 Å². The van der Waals surface area contributed by atoms with Crippen LogP contribution in [0.3, 0.4) is 0 Å². The van der Waals surface area contributed by atoms with E-state index in [2.05, 4.69) is 27.3 Å². The summed E-state index contributed by atoms with van der Waals surface area (Å²) in [4.78, 5) is 20.9. The molecule has 1 N–H and O–H groups in total. The minimum absolute atomic E-state index is 0.0443. The van der Waals surface area contributed by atoms with E-state index in [0.29, 0.717) is 18.0 Å². The number of nitrogens with zero attached hydrogens (tertiary/aromatic N) is 2. The van der Waals surface area contributed by atoms with E-state index in [0.717, 1.165) is 48.1 Å². The summed E-state index contributed by atoms with van der Waals surface area (Å²) in [5, 5.41) is 3.89. The zero-order chi connectivity index (χ0) is 22.2. The van der Waals surface area contributed by atoms with Gasteiger partial charge in [-0.1, -0.05) is 42.1 Å². The number of aromatic nitrogens is 1. The summed E-state index contributed by atoms with van der Waals surface area (Å²) < 4.78 is 5.24. The molecule has 1 aromatic heterocycles. The Morgan fingerprint density at radius 1 is 1.06 bits per heavy atom. The Hall–Kier alpha value is -2.83. The van der Waals surface area contributed by atoms with Gasteiger partial charge in [0, 0.05) is 24.2 Å². The van der Waals surface area contributed by atoms with Crippen molar-refractivity contribution in [3.05, 3.63) is 84.1 Å². The lowest BCUT2D eigenvalue weighted by Crippen LogP contribution is -2.38. The quantitative estimate of drug-likeness (QED) is 0.533. The van der Waals surface area contributed by atoms with Crippen LogP contribution in [0.15, 0.2) is 82.8 Å². The van der Waals surface area contributed by atoms with Crippen LogP contribution < -0.4 is 10.1 Å². The highest BCUT2D eigenvalue weighted by Gasteiger charge is 2.21. The average Bonchev–Trinajstić information content (AvgIpc) is 2.85. The maximum absolute atomic E-state index is 12.9. The summed E-state index contributed by atoms with van der Waals surface area (Å²) in [5.74, 6) is 1.35. The molecule has 4 rings (SSSR count). The van der Waals surface area contributed by atoms with E-state index in [-0.39, 0.29) is 5.91 Å². The molecule has 5 nitrogen and oxygen atoms in total. The maximum Gasteiger partial charge on any atom is 0.254 e. The van der Waals surface area contributed by atoms with Gasteiger partial charge in [-0.05, 0) is 73.8 Å². The van der Waals surface area contributed by atoms with Crippen molar-refractivity contribution >= 4 is 17.7 Å². The number of carbonyl (C=O) groups is 1. The van der Waals surface area contributed by atoms with Gasteiger partial charge in [0.25, 0.3) is 5.91 Å². The van der Waals surface area contributed by atoms with Gasteiger partial charge in [0.15, 0.2) is 0 Å². The zero-order valence-electron chi connectivity index (χ0n) is 18.4. The van der Waals surface area contributed by atoms with Gasteiger partial charge < -0.3 is 10.1 Å². The number of hydrogen-bond donors (Lipinski definition) is 1. The molecule has 0 aliphatic carbocycles. The number of methoxy groups -OCH3 is 1. The molecule has 0 spiro atoms. The first-order chi connectivity index (χ1) is 15.7. The minimum Gasteiger partial charge on any atom is -0.497 e. The highest BCUT2D eigenvalue weighted by molar-refractivity contribution is 7.99. The number of hydrogen-bond acceptors (Lipinski definition) is 5. The fourth-order valence-corrected chi connectivity index (χ4v) is 4.82. The van der Waals surface area contributed by atoms with Crippen molar-refractivity contribution in [2.24, 2.45) is 5.92 Å². The number of pyridine rings is 1. The van der Waals surface area contributed by atoms with E-state index in [1.165, 1.54) is 17.3 Å². The predicted octanol–water partition coefficient (Wildman–Crippen LogP) is 4.88. The number of amides is 1. The van der Waals surface area contributed by atoms with Crippen molar-refractivity contribution in [2.45, 2.75) is 29.3 Å². The van der Waals surface area contributed by atoms with Crippen LogP contribution in [0.1, 0.15) is 28.8 Å². The second-order valence-electron chi connectivity index (χ2n) is 8.05. The van der Waals surface area contributed by atoms with Crippen LogP contribution in [0.5, 0.6) is 5.75 Å². The summed E-state index contributed by atoms with van der Waals surface area (Å²) in [7, 11) is 1.69. The summed E-state index contributed by atoms with van der Waals surface area (Å²) in [6, 6.07) is 22.0. The van der Waals surface area contributed by atoms with Crippen molar-refractivity contribution in [1.29, 1.82) is 0 Å². The molecule has 3 aromatic rings. The SMILES string of the molecule is COc1ccc(CN2CCC(CNC(=O)c3cccnc3Sc3ccccc3)CC2)cc1. The standard InChI is InChI=1S/C26H29N3O2S/c1-31-22-11-9-21(10-12-22)19-29-16-13-20(14-17-29)18-28-25(30)24-8-5-15-27-26(24)32-23-6-3-2-4-7-23/h2-12,15,20H,13-14,16-19H2,1H3,(H,28,30). The van der Waals surface area contributed by atoms with Crippen LogP contribution in [0, 0.1) is 5.92 Å². The Balaban J connectivity index is 1.25. The molecule has 166 valence electrons. The summed E-state index contributed by atoms with van der Waals surface area (Å²) in [5.41, 5.74) is 1.94. The summed E-state index contributed by atoms with van der Waals surface area (Å²) >= 11 is 1.52. The second kappa shape index (κ2) is 11.2.